The molecule has 1 aliphatic carbocycles. The first-order valence-electron chi connectivity index (χ1n) is 6.67. The molecule has 2 heterocycles. The molecule has 2 N–H and O–H groups in total. The minimum absolute atomic E-state index is 0.416. The van der Waals surface area contributed by atoms with Gasteiger partial charge in [0.2, 0.25) is 0 Å². The van der Waals surface area contributed by atoms with Crippen molar-refractivity contribution in [2.24, 2.45) is 5.73 Å². The predicted octanol–water partition coefficient (Wildman–Crippen LogP) is 2.24. The molecule has 3 rings (SSSR count). The second-order valence-electron chi connectivity index (χ2n) is 5.08. The van der Waals surface area contributed by atoms with E-state index in [1.807, 2.05) is 11.3 Å². The summed E-state index contributed by atoms with van der Waals surface area (Å²) in [5.74, 6) is 0.508. The fourth-order valence-corrected chi connectivity index (χ4v) is 4.14. The smallest absolute Gasteiger partial charge is 0.0957 e. The van der Waals surface area contributed by atoms with Crippen molar-refractivity contribution in [2.45, 2.75) is 50.5 Å². The highest BCUT2D eigenvalue weighted by molar-refractivity contribution is 7.11. The fourth-order valence-electron chi connectivity index (χ4n) is 2.87. The first-order valence-corrected chi connectivity index (χ1v) is 7.48. The van der Waals surface area contributed by atoms with E-state index in [-0.39, 0.29) is 0 Å². The highest BCUT2D eigenvalue weighted by Crippen LogP contribution is 2.35. The fraction of sp³-hybridized carbons (Fsp3) is 0.769. The molecule has 1 aliphatic heterocycles. The van der Waals surface area contributed by atoms with Crippen LogP contribution in [0.2, 0.25) is 0 Å². The van der Waals surface area contributed by atoms with E-state index in [1.54, 1.807) is 0 Å². The molecule has 2 atom stereocenters. The van der Waals surface area contributed by atoms with Crippen LogP contribution in [0.1, 0.15) is 47.2 Å². The first-order chi connectivity index (χ1) is 8.36. The Bertz CT molecular complexity index is 385. The van der Waals surface area contributed by atoms with E-state index in [1.165, 1.54) is 47.7 Å². The Morgan fingerprint density at radius 2 is 2.29 bits per heavy atom. The van der Waals surface area contributed by atoms with Gasteiger partial charge in [0.15, 0.2) is 0 Å². The van der Waals surface area contributed by atoms with Gasteiger partial charge in [0.05, 0.1) is 16.8 Å². The number of ether oxygens (including phenoxy) is 1. The Kier molecular flexibility index (Phi) is 3.45. The number of thiazole rings is 1. The van der Waals surface area contributed by atoms with Crippen LogP contribution in [0.4, 0.5) is 0 Å². The highest BCUT2D eigenvalue weighted by Gasteiger charge is 2.25. The zero-order chi connectivity index (χ0) is 11.7. The molecule has 0 aromatic carbocycles. The van der Waals surface area contributed by atoms with Crippen molar-refractivity contribution < 1.29 is 4.74 Å². The van der Waals surface area contributed by atoms with Crippen LogP contribution in [0.5, 0.6) is 0 Å². The van der Waals surface area contributed by atoms with Crippen molar-refractivity contribution in [2.75, 3.05) is 13.2 Å². The van der Waals surface area contributed by atoms with Gasteiger partial charge in [0.1, 0.15) is 0 Å². The molecule has 1 aromatic heterocycles. The molecule has 0 spiro atoms. The number of aromatic nitrogens is 1. The third kappa shape index (κ3) is 2.39. The number of aryl methyl sites for hydroxylation is 1. The summed E-state index contributed by atoms with van der Waals surface area (Å²) in [6.07, 6.45) is 7.53. The number of nitrogens with two attached hydrogens (primary N) is 1. The van der Waals surface area contributed by atoms with Gasteiger partial charge in [-0.25, -0.2) is 4.98 Å². The van der Waals surface area contributed by atoms with Gasteiger partial charge >= 0.3 is 0 Å². The van der Waals surface area contributed by atoms with Gasteiger partial charge in [-0.05, 0) is 32.1 Å². The van der Waals surface area contributed by atoms with E-state index in [0.717, 1.165) is 19.6 Å². The van der Waals surface area contributed by atoms with E-state index in [4.69, 9.17) is 15.5 Å². The van der Waals surface area contributed by atoms with Gasteiger partial charge in [-0.3, -0.25) is 0 Å². The van der Waals surface area contributed by atoms with Gasteiger partial charge in [-0.2, -0.15) is 0 Å². The Balaban J connectivity index is 1.75. The van der Waals surface area contributed by atoms with Gasteiger partial charge in [-0.1, -0.05) is 0 Å². The summed E-state index contributed by atoms with van der Waals surface area (Å²) in [5.41, 5.74) is 7.13. The number of rotatable bonds is 3. The zero-order valence-electron chi connectivity index (χ0n) is 10.2. The Hall–Kier alpha value is -0.450. The second kappa shape index (κ2) is 5.04. The van der Waals surface area contributed by atoms with Crippen LogP contribution in [-0.2, 0) is 17.6 Å². The number of hydrogen-bond donors (Lipinski definition) is 1. The number of nitrogens with zero attached hydrogens (tertiary/aromatic N) is 1. The van der Waals surface area contributed by atoms with Crippen LogP contribution in [-0.4, -0.2) is 24.2 Å². The molecule has 2 aliphatic rings. The first kappa shape index (κ1) is 11.6. The summed E-state index contributed by atoms with van der Waals surface area (Å²) in [6.45, 7) is 1.68. The molecule has 0 saturated carbocycles. The quantitative estimate of drug-likeness (QED) is 0.897. The maximum absolute atomic E-state index is 5.83. The normalized spacial score (nSPS) is 28.3. The third-order valence-electron chi connectivity index (χ3n) is 3.83. The molecule has 1 fully saturated rings. The van der Waals surface area contributed by atoms with Gasteiger partial charge in [0, 0.05) is 30.4 Å². The average molecular weight is 252 g/mol. The molecule has 0 bridgehead atoms. The maximum atomic E-state index is 5.83. The summed E-state index contributed by atoms with van der Waals surface area (Å²) in [5, 5.41) is 1.27. The van der Waals surface area contributed by atoms with Crippen molar-refractivity contribution in [3.05, 3.63) is 15.6 Å². The number of hydrogen-bond acceptors (Lipinski definition) is 4. The summed E-state index contributed by atoms with van der Waals surface area (Å²) in [7, 11) is 0. The van der Waals surface area contributed by atoms with E-state index in [9.17, 15) is 0 Å². The Morgan fingerprint density at radius 1 is 1.35 bits per heavy atom. The maximum Gasteiger partial charge on any atom is 0.0957 e. The van der Waals surface area contributed by atoms with Crippen LogP contribution in [0.15, 0.2) is 0 Å². The van der Waals surface area contributed by atoms with E-state index in [0.29, 0.717) is 12.0 Å². The average Bonchev–Trinajstić information content (AvgIpc) is 2.97. The third-order valence-corrected chi connectivity index (χ3v) is 4.98. The van der Waals surface area contributed by atoms with E-state index >= 15 is 0 Å². The lowest BCUT2D eigenvalue weighted by Crippen LogP contribution is -2.17. The molecule has 2 unspecified atom stereocenters. The zero-order valence-corrected chi connectivity index (χ0v) is 11.0. The molecule has 94 valence electrons. The standard InChI is InChI=1S/C13H20N2OS/c14-8-9-3-1-5-11-13(9)15-12(17-11)7-10-4-2-6-16-10/h9-10H,1-8,14H2. The van der Waals surface area contributed by atoms with Gasteiger partial charge < -0.3 is 10.5 Å². The summed E-state index contributed by atoms with van der Waals surface area (Å²) in [4.78, 5) is 6.31. The van der Waals surface area contributed by atoms with Crippen LogP contribution in [0.25, 0.3) is 0 Å². The lowest BCUT2D eigenvalue weighted by Gasteiger charge is -2.18. The molecule has 1 saturated heterocycles. The highest BCUT2D eigenvalue weighted by atomic mass is 32.1. The van der Waals surface area contributed by atoms with Crippen molar-refractivity contribution in [1.29, 1.82) is 0 Å². The minimum atomic E-state index is 0.416. The van der Waals surface area contributed by atoms with Crippen molar-refractivity contribution in [1.82, 2.24) is 4.98 Å². The monoisotopic (exact) mass is 252 g/mol. The SMILES string of the molecule is NCC1CCCc2sc(CC3CCCO3)nc21. The predicted molar refractivity (Wildman–Crippen MR) is 69.5 cm³/mol. The number of fused-ring (bicyclic) bond motifs is 1. The molecule has 17 heavy (non-hydrogen) atoms. The molecular formula is C13H20N2OS. The summed E-state index contributed by atoms with van der Waals surface area (Å²) < 4.78 is 5.68. The topological polar surface area (TPSA) is 48.1 Å². The van der Waals surface area contributed by atoms with Crippen molar-refractivity contribution >= 4 is 11.3 Å². The molecule has 0 radical (unpaired) electrons. The van der Waals surface area contributed by atoms with Gasteiger partial charge in [-0.15, -0.1) is 11.3 Å². The van der Waals surface area contributed by atoms with Crippen molar-refractivity contribution in [3.8, 4) is 0 Å². The lowest BCUT2D eigenvalue weighted by atomic mass is 9.91. The van der Waals surface area contributed by atoms with E-state index in [2.05, 4.69) is 0 Å². The van der Waals surface area contributed by atoms with Crippen LogP contribution < -0.4 is 5.73 Å². The van der Waals surface area contributed by atoms with Crippen LogP contribution >= 0.6 is 11.3 Å². The second-order valence-corrected chi connectivity index (χ2v) is 6.25. The van der Waals surface area contributed by atoms with Crippen molar-refractivity contribution in [3.63, 3.8) is 0 Å². The summed E-state index contributed by atoms with van der Waals surface area (Å²) in [6, 6.07) is 0. The van der Waals surface area contributed by atoms with Crippen LogP contribution in [0.3, 0.4) is 0 Å². The molecule has 3 nitrogen and oxygen atoms in total. The molecule has 1 aromatic rings. The lowest BCUT2D eigenvalue weighted by molar-refractivity contribution is 0.111. The minimum Gasteiger partial charge on any atom is -0.378 e. The molecular weight excluding hydrogens is 232 g/mol. The van der Waals surface area contributed by atoms with Crippen LogP contribution in [0, 0.1) is 0 Å². The molecule has 4 heteroatoms. The summed E-state index contributed by atoms with van der Waals surface area (Å²) >= 11 is 1.89. The molecule has 0 amide bonds. The Morgan fingerprint density at radius 3 is 3.06 bits per heavy atom. The van der Waals surface area contributed by atoms with Gasteiger partial charge in [0.25, 0.3) is 0 Å². The van der Waals surface area contributed by atoms with E-state index < -0.39 is 0 Å². The largest absolute Gasteiger partial charge is 0.378 e. The Labute approximate surface area is 106 Å².